The molecule has 0 aliphatic heterocycles. The summed E-state index contributed by atoms with van der Waals surface area (Å²) in [6.45, 7) is 2.07. The molecule has 1 nitrogen and oxygen atoms in total. The zero-order valence-corrected chi connectivity index (χ0v) is 11.3. The van der Waals surface area contributed by atoms with Crippen LogP contribution >= 0.6 is 0 Å². The molecule has 2 rings (SSSR count). The molecule has 0 unspecified atom stereocenters. The van der Waals surface area contributed by atoms with Crippen LogP contribution in [0.15, 0.2) is 42.5 Å². The Morgan fingerprint density at radius 1 is 0.950 bits per heavy atom. The first-order valence-corrected chi connectivity index (χ1v) is 6.62. The highest BCUT2D eigenvalue weighted by Gasteiger charge is 2.10. The summed E-state index contributed by atoms with van der Waals surface area (Å²) in [5.74, 6) is -1.38. The summed E-state index contributed by atoms with van der Waals surface area (Å²) in [7, 11) is 0. The maximum Gasteiger partial charge on any atom is 0.141 e. The number of rotatable bonds is 5. The van der Waals surface area contributed by atoms with Gasteiger partial charge < -0.3 is 0 Å². The number of hydrogen-bond acceptors (Lipinski definition) is 1. The molecule has 0 aliphatic carbocycles. The topological polar surface area (TPSA) is 17.1 Å². The Labute approximate surface area is 117 Å². The fourth-order valence-electron chi connectivity index (χ4n) is 2.06. The van der Waals surface area contributed by atoms with Crippen LogP contribution in [0.3, 0.4) is 0 Å². The minimum absolute atomic E-state index is 0.0123. The van der Waals surface area contributed by atoms with E-state index in [9.17, 15) is 13.6 Å². The molecule has 2 aromatic rings. The van der Waals surface area contributed by atoms with Crippen molar-refractivity contribution in [2.24, 2.45) is 0 Å². The van der Waals surface area contributed by atoms with Gasteiger partial charge in [-0.15, -0.1) is 0 Å². The van der Waals surface area contributed by atoms with Crippen LogP contribution in [-0.2, 0) is 24.1 Å². The molecule has 0 heterocycles. The summed E-state index contributed by atoms with van der Waals surface area (Å²) in [6.07, 6.45) is 1.21. The first kappa shape index (κ1) is 14.4. The zero-order valence-electron chi connectivity index (χ0n) is 11.3. The quantitative estimate of drug-likeness (QED) is 0.808. The Morgan fingerprint density at radius 2 is 1.60 bits per heavy atom. The van der Waals surface area contributed by atoms with Crippen molar-refractivity contribution >= 4 is 5.78 Å². The lowest BCUT2D eigenvalue weighted by Gasteiger charge is -2.04. The molecule has 0 fully saturated rings. The van der Waals surface area contributed by atoms with Crippen molar-refractivity contribution in [3.63, 3.8) is 0 Å². The molecule has 3 heteroatoms. The number of aryl methyl sites for hydroxylation is 1. The van der Waals surface area contributed by atoms with Gasteiger partial charge in [0.05, 0.1) is 0 Å². The van der Waals surface area contributed by atoms with Crippen LogP contribution in [0.25, 0.3) is 0 Å². The molecule has 2 aromatic carbocycles. The molecule has 20 heavy (non-hydrogen) atoms. The largest absolute Gasteiger partial charge is 0.299 e. The highest BCUT2D eigenvalue weighted by molar-refractivity contribution is 5.83. The van der Waals surface area contributed by atoms with Gasteiger partial charge in [0.15, 0.2) is 0 Å². The third kappa shape index (κ3) is 3.73. The van der Waals surface area contributed by atoms with Gasteiger partial charge in [-0.25, -0.2) is 8.78 Å². The minimum atomic E-state index is -0.667. The fraction of sp³-hybridized carbons (Fsp3) is 0.235. The Kier molecular flexibility index (Phi) is 4.61. The van der Waals surface area contributed by atoms with E-state index in [0.29, 0.717) is 0 Å². The third-order valence-corrected chi connectivity index (χ3v) is 3.24. The molecule has 104 valence electrons. The Balaban J connectivity index is 2.01. The molecule has 0 atom stereocenters. The number of ketones is 1. The van der Waals surface area contributed by atoms with E-state index in [0.717, 1.165) is 18.1 Å². The highest BCUT2D eigenvalue weighted by Crippen LogP contribution is 2.12. The second-order valence-electron chi connectivity index (χ2n) is 4.80. The van der Waals surface area contributed by atoms with Crippen LogP contribution in [-0.4, -0.2) is 5.78 Å². The van der Waals surface area contributed by atoms with Crippen LogP contribution in [0.4, 0.5) is 8.78 Å². The summed E-state index contributed by atoms with van der Waals surface area (Å²) in [6, 6.07) is 11.1. The summed E-state index contributed by atoms with van der Waals surface area (Å²) < 4.78 is 26.2. The maximum absolute atomic E-state index is 13.5. The molecule has 0 aromatic heterocycles. The van der Waals surface area contributed by atoms with Crippen molar-refractivity contribution in [1.29, 1.82) is 0 Å². The van der Waals surface area contributed by atoms with E-state index in [1.807, 2.05) is 24.3 Å². The molecule has 0 saturated heterocycles. The van der Waals surface area contributed by atoms with Gasteiger partial charge in [-0.3, -0.25) is 4.79 Å². The molecule has 0 saturated carbocycles. The Morgan fingerprint density at radius 3 is 2.20 bits per heavy atom. The predicted molar refractivity (Wildman–Crippen MR) is 74.6 cm³/mol. The van der Waals surface area contributed by atoms with Gasteiger partial charge in [-0.05, 0) is 29.2 Å². The molecule has 0 aliphatic rings. The first-order valence-electron chi connectivity index (χ1n) is 6.62. The van der Waals surface area contributed by atoms with E-state index in [1.165, 1.54) is 17.7 Å². The van der Waals surface area contributed by atoms with Crippen molar-refractivity contribution < 1.29 is 13.6 Å². The van der Waals surface area contributed by atoms with E-state index in [-0.39, 0.29) is 24.2 Å². The molecule has 0 N–H and O–H groups in total. The summed E-state index contributed by atoms with van der Waals surface area (Å²) in [5, 5.41) is 0. The second kappa shape index (κ2) is 6.42. The lowest BCUT2D eigenvalue weighted by atomic mass is 10.0. The number of Topliss-reactive ketones (excluding diaryl/α,β-unsaturated/α-hetero) is 1. The number of carbonyl (C=O) groups excluding carboxylic acids is 1. The smallest absolute Gasteiger partial charge is 0.141 e. The van der Waals surface area contributed by atoms with Crippen LogP contribution in [0.2, 0.25) is 0 Å². The SMILES string of the molecule is CCc1ccc(CC(=O)Cc2ccc(F)cc2F)cc1. The van der Waals surface area contributed by atoms with Crippen molar-refractivity contribution in [3.05, 3.63) is 70.8 Å². The van der Waals surface area contributed by atoms with Gasteiger partial charge >= 0.3 is 0 Å². The summed E-state index contributed by atoms with van der Waals surface area (Å²) >= 11 is 0. The summed E-state index contributed by atoms with van der Waals surface area (Å²) in [4.78, 5) is 11.9. The molecular weight excluding hydrogens is 258 g/mol. The van der Waals surface area contributed by atoms with Crippen molar-refractivity contribution in [2.45, 2.75) is 26.2 Å². The van der Waals surface area contributed by atoms with Crippen LogP contribution < -0.4 is 0 Å². The van der Waals surface area contributed by atoms with Gasteiger partial charge in [0, 0.05) is 18.9 Å². The highest BCUT2D eigenvalue weighted by atomic mass is 19.1. The lowest BCUT2D eigenvalue weighted by Crippen LogP contribution is -2.08. The van der Waals surface area contributed by atoms with E-state index in [2.05, 4.69) is 6.92 Å². The van der Waals surface area contributed by atoms with Crippen LogP contribution in [0.5, 0.6) is 0 Å². The van der Waals surface area contributed by atoms with Crippen LogP contribution in [0, 0.1) is 11.6 Å². The van der Waals surface area contributed by atoms with Gasteiger partial charge in [0.2, 0.25) is 0 Å². The third-order valence-electron chi connectivity index (χ3n) is 3.24. The van der Waals surface area contributed by atoms with Crippen LogP contribution in [0.1, 0.15) is 23.6 Å². The standard InChI is InChI=1S/C17H16F2O/c1-2-12-3-5-13(6-4-12)9-16(20)10-14-7-8-15(18)11-17(14)19/h3-8,11H,2,9-10H2,1H3. The summed E-state index contributed by atoms with van der Waals surface area (Å²) in [5.41, 5.74) is 2.36. The van der Waals surface area contributed by atoms with E-state index in [1.54, 1.807) is 0 Å². The Hall–Kier alpha value is -2.03. The first-order chi connectivity index (χ1) is 9.58. The van der Waals surface area contributed by atoms with Crippen molar-refractivity contribution in [2.75, 3.05) is 0 Å². The van der Waals surface area contributed by atoms with Crippen molar-refractivity contribution in [1.82, 2.24) is 0 Å². The maximum atomic E-state index is 13.5. The predicted octanol–water partition coefficient (Wildman–Crippen LogP) is 3.88. The molecular formula is C17H16F2O. The minimum Gasteiger partial charge on any atom is -0.299 e. The molecule has 0 radical (unpaired) electrons. The molecule has 0 spiro atoms. The van der Waals surface area contributed by atoms with Gasteiger partial charge in [-0.2, -0.15) is 0 Å². The van der Waals surface area contributed by atoms with E-state index < -0.39 is 11.6 Å². The fourth-order valence-corrected chi connectivity index (χ4v) is 2.06. The normalized spacial score (nSPS) is 10.6. The zero-order chi connectivity index (χ0) is 14.5. The van der Waals surface area contributed by atoms with Gasteiger partial charge in [-0.1, -0.05) is 37.3 Å². The Bertz CT molecular complexity index is 603. The average Bonchev–Trinajstić information content (AvgIpc) is 2.43. The molecule has 0 amide bonds. The number of hydrogen-bond donors (Lipinski definition) is 0. The molecule has 0 bridgehead atoms. The average molecular weight is 274 g/mol. The van der Waals surface area contributed by atoms with Gasteiger partial charge in [0.25, 0.3) is 0 Å². The van der Waals surface area contributed by atoms with Gasteiger partial charge in [0.1, 0.15) is 17.4 Å². The van der Waals surface area contributed by atoms with E-state index >= 15 is 0 Å². The number of benzene rings is 2. The van der Waals surface area contributed by atoms with Crippen molar-refractivity contribution in [3.8, 4) is 0 Å². The lowest BCUT2D eigenvalue weighted by molar-refractivity contribution is -0.117. The second-order valence-corrected chi connectivity index (χ2v) is 4.80. The number of halogens is 2. The number of carbonyl (C=O) groups is 1. The monoisotopic (exact) mass is 274 g/mol. The van der Waals surface area contributed by atoms with E-state index in [4.69, 9.17) is 0 Å².